The summed E-state index contributed by atoms with van der Waals surface area (Å²) in [7, 11) is 0. The van der Waals surface area contributed by atoms with Crippen LogP contribution < -0.4 is 66.5 Å². The van der Waals surface area contributed by atoms with Crippen molar-refractivity contribution < 1.29 is 84.0 Å². The molecule has 0 atom stereocenters. The van der Waals surface area contributed by atoms with E-state index in [1.54, 1.807) is 0 Å². The number of aromatic nitrogens is 1. The minimum atomic E-state index is -4.90. The Labute approximate surface area is 192 Å². The number of hydrogen-bond donors (Lipinski definition) is 1. The number of carbonyl (C=O) groups is 2. The molecule has 0 saturated carbocycles. The van der Waals surface area contributed by atoms with Crippen LogP contribution in [0.5, 0.6) is 5.75 Å². The maximum absolute atomic E-state index is 12.3. The van der Waals surface area contributed by atoms with Gasteiger partial charge in [0.05, 0.1) is 17.4 Å². The van der Waals surface area contributed by atoms with Crippen LogP contribution in [-0.2, 0) is 4.79 Å². The van der Waals surface area contributed by atoms with Gasteiger partial charge in [0.1, 0.15) is 5.03 Å². The number of carboxylic acids is 1. The fourth-order valence-electron chi connectivity index (χ4n) is 1.76. The number of aromatic carboxylic acids is 1. The maximum atomic E-state index is 12.3. The van der Waals surface area contributed by atoms with Gasteiger partial charge >= 0.3 is 57.7 Å². The van der Waals surface area contributed by atoms with E-state index in [9.17, 15) is 27.9 Å². The fourth-order valence-corrected chi connectivity index (χ4v) is 2.55. The predicted octanol–water partition coefficient (Wildman–Crippen LogP) is -0.921. The Balaban J connectivity index is 0.00000338. The van der Waals surface area contributed by atoms with Crippen LogP contribution in [0.4, 0.5) is 18.9 Å². The molecule has 1 amide bonds. The second kappa shape index (κ2) is 10.3. The van der Waals surface area contributed by atoms with Gasteiger partial charge in [0.15, 0.2) is 5.75 Å². The van der Waals surface area contributed by atoms with E-state index in [0.717, 1.165) is 17.8 Å². The summed E-state index contributed by atoms with van der Waals surface area (Å²) in [4.78, 5) is 26.7. The number of pyridine rings is 1. The molecule has 0 aliphatic rings. The first kappa shape index (κ1) is 22.9. The average Bonchev–Trinajstić information content (AvgIpc) is 2.53. The first-order chi connectivity index (χ1) is 11.8. The Morgan fingerprint density at radius 3 is 2.54 bits per heavy atom. The molecule has 0 fully saturated rings. The molecule has 2 aromatic rings. The van der Waals surface area contributed by atoms with E-state index in [1.165, 1.54) is 36.5 Å². The zero-order valence-electron chi connectivity index (χ0n) is 13.4. The van der Waals surface area contributed by atoms with Gasteiger partial charge in [0, 0.05) is 11.8 Å². The van der Waals surface area contributed by atoms with Crippen molar-refractivity contribution in [1.82, 2.24) is 4.98 Å². The van der Waals surface area contributed by atoms with Gasteiger partial charge in [-0.2, -0.15) is 0 Å². The minimum absolute atomic E-state index is 0. The first-order valence-corrected chi connectivity index (χ1v) is 7.68. The molecule has 6 nitrogen and oxygen atoms in total. The maximum Gasteiger partial charge on any atom is 1.00 e. The molecule has 0 unspecified atom stereocenters. The van der Waals surface area contributed by atoms with Gasteiger partial charge in [0.2, 0.25) is 5.91 Å². The topological polar surface area (TPSA) is 91.4 Å². The number of rotatable bonds is 6. The predicted molar refractivity (Wildman–Crippen MR) is 81.0 cm³/mol. The van der Waals surface area contributed by atoms with Crippen LogP contribution in [0.15, 0.2) is 47.6 Å². The molecule has 1 heterocycles. The Bertz CT molecular complexity index is 789. The van der Waals surface area contributed by atoms with Crippen LogP contribution in [0, 0.1) is 0 Å². The van der Waals surface area contributed by atoms with E-state index in [2.05, 4.69) is 15.0 Å². The molecule has 1 aromatic heterocycles. The third-order valence-electron chi connectivity index (χ3n) is 2.72. The van der Waals surface area contributed by atoms with Crippen LogP contribution in [0.3, 0.4) is 0 Å². The summed E-state index contributed by atoms with van der Waals surface area (Å²) in [6.07, 6.45) is -3.55. The van der Waals surface area contributed by atoms with E-state index < -0.39 is 24.0 Å². The number of carbonyl (C=O) groups excluding carboxylic acids is 2. The van der Waals surface area contributed by atoms with E-state index in [1.807, 2.05) is 0 Å². The number of anilines is 1. The molecular formula is C15H10F3KN2O4S. The summed E-state index contributed by atoms with van der Waals surface area (Å²) in [6.45, 7) is 0. The molecule has 0 radical (unpaired) electrons. The number of hydrogen-bond acceptors (Lipinski definition) is 6. The second-order valence-corrected chi connectivity index (χ2v) is 5.49. The standard InChI is InChI=1S/C15H11F3N2O4S.K/c16-15(17,18)24-11-6-2-1-5-10(11)20-12(21)8-25-13-9(14(22)23)4-3-7-19-13;/h1-7H,8H2,(H,20,21)(H,22,23);/q;+1/p-1. The Hall–Kier alpha value is -1.11. The summed E-state index contributed by atoms with van der Waals surface area (Å²) in [6, 6.07) is 7.74. The van der Waals surface area contributed by atoms with Gasteiger partial charge in [-0.1, -0.05) is 23.9 Å². The normalized spacial score (nSPS) is 10.6. The average molecular weight is 410 g/mol. The number of thioether (sulfide) groups is 1. The fraction of sp³-hybridized carbons (Fsp3) is 0.133. The molecule has 0 bridgehead atoms. The third-order valence-corrected chi connectivity index (χ3v) is 3.72. The number of carboxylic acid groups (broad SMARTS) is 1. The van der Waals surface area contributed by atoms with Crippen molar-refractivity contribution in [2.24, 2.45) is 0 Å². The van der Waals surface area contributed by atoms with Crippen molar-refractivity contribution in [3.05, 3.63) is 48.2 Å². The molecule has 2 rings (SSSR count). The number of alkyl halides is 3. The van der Waals surface area contributed by atoms with E-state index in [0.29, 0.717) is 0 Å². The van der Waals surface area contributed by atoms with Crippen LogP contribution in [-0.4, -0.2) is 29.0 Å². The first-order valence-electron chi connectivity index (χ1n) is 6.70. The summed E-state index contributed by atoms with van der Waals surface area (Å²) in [5.74, 6) is -2.92. The summed E-state index contributed by atoms with van der Waals surface area (Å²) >= 11 is 0.815. The van der Waals surface area contributed by atoms with Gasteiger partial charge in [-0.15, -0.1) is 13.2 Å². The van der Waals surface area contributed by atoms with Crippen molar-refractivity contribution in [3.8, 4) is 5.75 Å². The quantitative estimate of drug-likeness (QED) is 0.489. The molecular weight excluding hydrogens is 400 g/mol. The largest absolute Gasteiger partial charge is 1.00 e. The molecule has 26 heavy (non-hydrogen) atoms. The van der Waals surface area contributed by atoms with Gasteiger partial charge in [0.25, 0.3) is 0 Å². The molecule has 132 valence electrons. The smallest absolute Gasteiger partial charge is 0.545 e. The van der Waals surface area contributed by atoms with Crippen molar-refractivity contribution in [2.45, 2.75) is 11.4 Å². The number of nitrogens with one attached hydrogen (secondary N) is 1. The van der Waals surface area contributed by atoms with Crippen LogP contribution >= 0.6 is 11.8 Å². The van der Waals surface area contributed by atoms with Crippen molar-refractivity contribution in [3.63, 3.8) is 0 Å². The Morgan fingerprint density at radius 1 is 1.19 bits per heavy atom. The van der Waals surface area contributed by atoms with Crippen molar-refractivity contribution in [1.29, 1.82) is 0 Å². The van der Waals surface area contributed by atoms with E-state index in [4.69, 9.17) is 0 Å². The summed E-state index contributed by atoms with van der Waals surface area (Å²) in [5, 5.41) is 13.3. The molecule has 1 aromatic carbocycles. The molecule has 0 aliphatic heterocycles. The van der Waals surface area contributed by atoms with Crippen molar-refractivity contribution in [2.75, 3.05) is 11.1 Å². The molecule has 0 saturated heterocycles. The molecule has 0 spiro atoms. The van der Waals surface area contributed by atoms with Crippen LogP contribution in [0.1, 0.15) is 10.4 Å². The van der Waals surface area contributed by atoms with Crippen LogP contribution in [0.25, 0.3) is 0 Å². The number of halogens is 3. The van der Waals surface area contributed by atoms with Gasteiger partial charge in [-0.25, -0.2) is 4.98 Å². The number of nitrogens with zero attached hydrogens (tertiary/aromatic N) is 1. The molecule has 1 N–H and O–H groups in total. The van der Waals surface area contributed by atoms with Crippen LogP contribution in [0.2, 0.25) is 0 Å². The van der Waals surface area contributed by atoms with Gasteiger partial charge in [-0.3, -0.25) is 4.79 Å². The zero-order chi connectivity index (χ0) is 18.4. The van der Waals surface area contributed by atoms with Gasteiger partial charge < -0.3 is 20.0 Å². The monoisotopic (exact) mass is 410 g/mol. The zero-order valence-corrected chi connectivity index (χ0v) is 17.3. The number of amides is 1. The summed E-state index contributed by atoms with van der Waals surface area (Å²) in [5.41, 5.74) is -0.340. The summed E-state index contributed by atoms with van der Waals surface area (Å²) < 4.78 is 40.8. The number of para-hydroxylation sites is 2. The van der Waals surface area contributed by atoms with Crippen molar-refractivity contribution >= 4 is 29.3 Å². The van der Waals surface area contributed by atoms with E-state index >= 15 is 0 Å². The molecule has 0 aliphatic carbocycles. The Morgan fingerprint density at radius 2 is 1.88 bits per heavy atom. The Kier molecular flexibility index (Phi) is 9.06. The SMILES string of the molecule is O=C(CSc1ncccc1C(=O)[O-])Nc1ccccc1OC(F)(F)F.[K+]. The van der Waals surface area contributed by atoms with E-state index in [-0.39, 0.29) is 73.4 Å². The number of benzene rings is 1. The number of ether oxygens (including phenoxy) is 1. The minimum Gasteiger partial charge on any atom is -0.545 e. The molecule has 11 heteroatoms. The second-order valence-electron chi connectivity index (χ2n) is 4.52. The van der Waals surface area contributed by atoms with Gasteiger partial charge in [-0.05, 0) is 24.3 Å². The third kappa shape index (κ3) is 7.25.